The molecule has 0 aliphatic carbocycles. The van der Waals surface area contributed by atoms with Crippen LogP contribution in [0.3, 0.4) is 0 Å². The van der Waals surface area contributed by atoms with E-state index in [1.807, 2.05) is 6.08 Å². The smallest absolute Gasteiger partial charge is 0.287 e. The quantitative estimate of drug-likeness (QED) is 0.534. The van der Waals surface area contributed by atoms with Gasteiger partial charge in [-0.1, -0.05) is 6.08 Å². The van der Waals surface area contributed by atoms with Gasteiger partial charge in [-0.2, -0.15) is 0 Å². The minimum atomic E-state index is -0.0324. The lowest BCUT2D eigenvalue weighted by molar-refractivity contribution is 0.263. The number of amides is 1. The first-order valence-electron chi connectivity index (χ1n) is 2.18. The molecule has 2 nitrogen and oxygen atoms in total. The number of carbonyl (C=O) groups is 1. The molecular formula is C5H5NOS. The summed E-state index contributed by atoms with van der Waals surface area (Å²) in [6, 6.07) is 0. The van der Waals surface area contributed by atoms with Crippen molar-refractivity contribution in [3.63, 3.8) is 0 Å². The zero-order chi connectivity index (χ0) is 5.82. The van der Waals surface area contributed by atoms with Gasteiger partial charge < -0.3 is 5.32 Å². The summed E-state index contributed by atoms with van der Waals surface area (Å²) in [4.78, 5) is 10.4. The van der Waals surface area contributed by atoms with Crippen LogP contribution in [0.4, 0.5) is 4.79 Å². The van der Waals surface area contributed by atoms with Gasteiger partial charge in [-0.15, -0.1) is 0 Å². The molecule has 1 aliphatic heterocycles. The van der Waals surface area contributed by atoms with Gasteiger partial charge in [0.1, 0.15) is 0 Å². The van der Waals surface area contributed by atoms with Crippen LogP contribution in [-0.2, 0) is 0 Å². The fourth-order valence-electron chi connectivity index (χ4n) is 0.352. The molecule has 0 unspecified atom stereocenters. The second kappa shape index (κ2) is 2.57. The second-order valence-corrected chi connectivity index (χ2v) is 2.12. The summed E-state index contributed by atoms with van der Waals surface area (Å²) in [5.74, 6) is 0. The molecule has 0 saturated carbocycles. The summed E-state index contributed by atoms with van der Waals surface area (Å²) in [5.41, 5.74) is 0. The normalized spacial score (nSPS) is 17.8. The monoisotopic (exact) mass is 127 g/mol. The highest BCUT2D eigenvalue weighted by Gasteiger charge is 1.94. The predicted octanol–water partition coefficient (Wildman–Crippen LogP) is 1.47. The molecule has 1 heterocycles. The minimum Gasteiger partial charge on any atom is -0.323 e. The van der Waals surface area contributed by atoms with E-state index in [0.29, 0.717) is 0 Å². The lowest BCUT2D eigenvalue weighted by atomic mass is 10.6. The number of carbonyl (C=O) groups excluding carboxylic acids is 1. The molecule has 0 aromatic heterocycles. The highest BCUT2D eigenvalue weighted by molar-refractivity contribution is 8.16. The molecule has 0 fully saturated rings. The lowest BCUT2D eigenvalue weighted by Gasteiger charge is -1.87. The van der Waals surface area contributed by atoms with Gasteiger partial charge in [0.05, 0.1) is 0 Å². The summed E-state index contributed by atoms with van der Waals surface area (Å²) in [7, 11) is 0. The Bertz CT molecular complexity index is 135. The molecule has 1 aliphatic rings. The van der Waals surface area contributed by atoms with Crippen LogP contribution < -0.4 is 5.32 Å². The first kappa shape index (κ1) is 5.44. The van der Waals surface area contributed by atoms with Crippen LogP contribution in [0.2, 0.25) is 0 Å². The Morgan fingerprint density at radius 3 is 3.25 bits per heavy atom. The van der Waals surface area contributed by atoms with Gasteiger partial charge in [0.15, 0.2) is 0 Å². The predicted molar refractivity (Wildman–Crippen MR) is 34.4 cm³/mol. The molecule has 1 amide bonds. The van der Waals surface area contributed by atoms with Gasteiger partial charge in [-0.05, 0) is 23.2 Å². The van der Waals surface area contributed by atoms with Gasteiger partial charge in [0.2, 0.25) is 0 Å². The van der Waals surface area contributed by atoms with Crippen LogP contribution in [0.1, 0.15) is 0 Å². The van der Waals surface area contributed by atoms with Crippen molar-refractivity contribution in [2.24, 2.45) is 0 Å². The fraction of sp³-hybridized carbons (Fsp3) is 0. The van der Waals surface area contributed by atoms with Crippen molar-refractivity contribution in [2.75, 3.05) is 0 Å². The fourth-order valence-corrected chi connectivity index (χ4v) is 0.781. The Morgan fingerprint density at radius 1 is 1.50 bits per heavy atom. The SMILES string of the molecule is O=C1NC=CC=CS1. The van der Waals surface area contributed by atoms with Crippen molar-refractivity contribution in [1.29, 1.82) is 0 Å². The molecule has 0 bridgehead atoms. The van der Waals surface area contributed by atoms with E-state index in [4.69, 9.17) is 0 Å². The third-order valence-corrected chi connectivity index (χ3v) is 1.29. The first-order chi connectivity index (χ1) is 3.89. The lowest BCUT2D eigenvalue weighted by Crippen LogP contribution is -2.07. The van der Waals surface area contributed by atoms with Gasteiger partial charge in [-0.3, -0.25) is 4.79 Å². The summed E-state index contributed by atoms with van der Waals surface area (Å²) >= 11 is 1.15. The number of nitrogens with one attached hydrogen (secondary N) is 1. The Kier molecular flexibility index (Phi) is 1.75. The molecular weight excluding hydrogens is 122 g/mol. The molecule has 0 atom stereocenters. The van der Waals surface area contributed by atoms with Gasteiger partial charge in [0.25, 0.3) is 5.24 Å². The highest BCUT2D eigenvalue weighted by atomic mass is 32.2. The number of hydrogen-bond acceptors (Lipinski definition) is 2. The van der Waals surface area contributed by atoms with E-state index in [-0.39, 0.29) is 5.24 Å². The van der Waals surface area contributed by atoms with Crippen LogP contribution in [-0.4, -0.2) is 5.24 Å². The molecule has 0 spiro atoms. The molecule has 0 radical (unpaired) electrons. The van der Waals surface area contributed by atoms with E-state index in [1.54, 1.807) is 17.7 Å². The van der Waals surface area contributed by atoms with E-state index in [2.05, 4.69) is 5.32 Å². The largest absolute Gasteiger partial charge is 0.323 e. The van der Waals surface area contributed by atoms with Crippen molar-refractivity contribution >= 4 is 17.0 Å². The number of rotatable bonds is 0. The molecule has 1 rings (SSSR count). The maximum absolute atomic E-state index is 10.4. The maximum Gasteiger partial charge on any atom is 0.287 e. The first-order valence-corrected chi connectivity index (χ1v) is 3.06. The van der Waals surface area contributed by atoms with Crippen LogP contribution in [0.5, 0.6) is 0 Å². The summed E-state index contributed by atoms with van der Waals surface area (Å²) in [5, 5.41) is 4.23. The molecule has 3 heteroatoms. The topological polar surface area (TPSA) is 29.1 Å². The van der Waals surface area contributed by atoms with Crippen molar-refractivity contribution in [3.05, 3.63) is 23.8 Å². The molecule has 1 N–H and O–H groups in total. The Hall–Kier alpha value is -0.700. The third-order valence-electron chi connectivity index (χ3n) is 0.662. The summed E-state index contributed by atoms with van der Waals surface area (Å²) in [6.45, 7) is 0. The molecule has 0 aromatic rings. The van der Waals surface area contributed by atoms with Gasteiger partial charge >= 0.3 is 0 Å². The Labute approximate surface area is 51.6 Å². The average molecular weight is 127 g/mol. The molecule has 0 aromatic carbocycles. The van der Waals surface area contributed by atoms with Gasteiger partial charge in [-0.25, -0.2) is 0 Å². The third kappa shape index (κ3) is 1.42. The Morgan fingerprint density at radius 2 is 2.38 bits per heavy atom. The standard InChI is InChI=1S/C5H5NOS/c7-5-6-3-1-2-4-8-5/h1-4H,(H,6,7). The van der Waals surface area contributed by atoms with E-state index < -0.39 is 0 Å². The van der Waals surface area contributed by atoms with Crippen molar-refractivity contribution in [1.82, 2.24) is 5.32 Å². The van der Waals surface area contributed by atoms with Crippen molar-refractivity contribution < 1.29 is 4.79 Å². The number of allylic oxidation sites excluding steroid dienone is 2. The molecule has 0 saturated heterocycles. The second-order valence-electron chi connectivity index (χ2n) is 1.24. The van der Waals surface area contributed by atoms with E-state index >= 15 is 0 Å². The van der Waals surface area contributed by atoms with Crippen LogP contribution >= 0.6 is 11.8 Å². The number of thioether (sulfide) groups is 1. The number of hydrogen-bond donors (Lipinski definition) is 1. The Balaban J connectivity index is 2.58. The van der Waals surface area contributed by atoms with E-state index in [9.17, 15) is 4.79 Å². The van der Waals surface area contributed by atoms with Crippen molar-refractivity contribution in [3.8, 4) is 0 Å². The minimum absolute atomic E-state index is 0.0324. The zero-order valence-electron chi connectivity index (χ0n) is 4.13. The van der Waals surface area contributed by atoms with Gasteiger partial charge in [0, 0.05) is 6.20 Å². The summed E-state index contributed by atoms with van der Waals surface area (Å²) in [6.07, 6.45) is 5.19. The van der Waals surface area contributed by atoms with Crippen LogP contribution in [0, 0.1) is 0 Å². The van der Waals surface area contributed by atoms with E-state index in [0.717, 1.165) is 11.8 Å². The zero-order valence-corrected chi connectivity index (χ0v) is 4.94. The highest BCUT2D eigenvalue weighted by Crippen LogP contribution is 2.04. The van der Waals surface area contributed by atoms with Crippen LogP contribution in [0.25, 0.3) is 0 Å². The average Bonchev–Trinajstić information content (AvgIpc) is 1.94. The summed E-state index contributed by atoms with van der Waals surface area (Å²) < 4.78 is 0. The van der Waals surface area contributed by atoms with Crippen molar-refractivity contribution in [2.45, 2.75) is 0 Å². The van der Waals surface area contributed by atoms with E-state index in [1.165, 1.54) is 0 Å². The molecule has 8 heavy (non-hydrogen) atoms. The van der Waals surface area contributed by atoms with Crippen LogP contribution in [0.15, 0.2) is 23.8 Å². The maximum atomic E-state index is 10.4. The molecule has 42 valence electrons.